The molecule has 0 aliphatic heterocycles. The standard InChI is InChI=1S/C23H21N3O5/c1-14-6-4-7-16(10-14)12-26-21(27)19-18(22(28)30-3)11-15(2)24-20(19)25(23(26)29)13-17-8-5-9-31-17/h4-11H,12-13H2,1-3H3. The lowest BCUT2D eigenvalue weighted by Gasteiger charge is -2.15. The second-order valence-corrected chi connectivity index (χ2v) is 7.33. The zero-order valence-corrected chi connectivity index (χ0v) is 17.4. The fourth-order valence-corrected chi connectivity index (χ4v) is 3.63. The van der Waals surface area contributed by atoms with Crippen molar-refractivity contribution < 1.29 is 13.9 Å². The van der Waals surface area contributed by atoms with Gasteiger partial charge in [-0.1, -0.05) is 29.8 Å². The Morgan fingerprint density at radius 1 is 1.06 bits per heavy atom. The lowest BCUT2D eigenvalue weighted by atomic mass is 10.1. The van der Waals surface area contributed by atoms with Gasteiger partial charge in [-0.2, -0.15) is 0 Å². The molecule has 0 radical (unpaired) electrons. The first-order valence-corrected chi connectivity index (χ1v) is 9.70. The molecule has 0 N–H and O–H groups in total. The van der Waals surface area contributed by atoms with Gasteiger partial charge in [-0.25, -0.2) is 14.6 Å². The van der Waals surface area contributed by atoms with Crippen LogP contribution in [0.25, 0.3) is 11.0 Å². The Balaban J connectivity index is 2.05. The van der Waals surface area contributed by atoms with Gasteiger partial charge in [-0.3, -0.25) is 13.9 Å². The van der Waals surface area contributed by atoms with Crippen molar-refractivity contribution in [1.82, 2.24) is 14.1 Å². The third-order valence-corrected chi connectivity index (χ3v) is 5.03. The molecular weight excluding hydrogens is 398 g/mol. The number of hydrogen-bond acceptors (Lipinski definition) is 6. The third-order valence-electron chi connectivity index (χ3n) is 5.03. The molecule has 0 amide bonds. The van der Waals surface area contributed by atoms with Crippen LogP contribution in [0.5, 0.6) is 0 Å². The fraction of sp³-hybridized carbons (Fsp3) is 0.217. The normalized spacial score (nSPS) is 11.1. The summed E-state index contributed by atoms with van der Waals surface area (Å²) in [4.78, 5) is 43.7. The SMILES string of the molecule is COC(=O)c1cc(C)nc2c1c(=O)n(Cc1cccc(C)c1)c(=O)n2Cc1ccco1. The van der Waals surface area contributed by atoms with Gasteiger partial charge in [0.15, 0.2) is 5.65 Å². The second-order valence-electron chi connectivity index (χ2n) is 7.33. The van der Waals surface area contributed by atoms with E-state index in [4.69, 9.17) is 9.15 Å². The number of benzene rings is 1. The van der Waals surface area contributed by atoms with Crippen molar-refractivity contribution in [3.8, 4) is 0 Å². The molecule has 0 spiro atoms. The first-order chi connectivity index (χ1) is 14.9. The van der Waals surface area contributed by atoms with Crippen molar-refractivity contribution >= 4 is 17.0 Å². The highest BCUT2D eigenvalue weighted by atomic mass is 16.5. The molecule has 4 rings (SSSR count). The van der Waals surface area contributed by atoms with E-state index >= 15 is 0 Å². The number of aromatic nitrogens is 3. The Bertz CT molecular complexity index is 1400. The highest BCUT2D eigenvalue weighted by molar-refractivity contribution is 6.02. The van der Waals surface area contributed by atoms with E-state index in [1.54, 1.807) is 19.1 Å². The number of rotatable bonds is 5. The highest BCUT2D eigenvalue weighted by Gasteiger charge is 2.22. The van der Waals surface area contributed by atoms with Gasteiger partial charge in [-0.05, 0) is 37.6 Å². The summed E-state index contributed by atoms with van der Waals surface area (Å²) in [5, 5.41) is 0.0382. The Hall–Kier alpha value is -3.94. The second kappa shape index (κ2) is 8.06. The van der Waals surface area contributed by atoms with E-state index in [1.807, 2.05) is 31.2 Å². The predicted molar refractivity (Wildman–Crippen MR) is 114 cm³/mol. The van der Waals surface area contributed by atoms with E-state index in [1.165, 1.54) is 24.0 Å². The maximum atomic E-state index is 13.4. The number of ether oxygens (including phenoxy) is 1. The largest absolute Gasteiger partial charge is 0.467 e. The van der Waals surface area contributed by atoms with E-state index in [2.05, 4.69) is 4.98 Å². The summed E-state index contributed by atoms with van der Waals surface area (Å²) in [6, 6.07) is 12.5. The van der Waals surface area contributed by atoms with Crippen LogP contribution in [0.1, 0.15) is 32.9 Å². The van der Waals surface area contributed by atoms with Crippen LogP contribution in [0.2, 0.25) is 0 Å². The van der Waals surface area contributed by atoms with E-state index in [9.17, 15) is 14.4 Å². The zero-order chi connectivity index (χ0) is 22.1. The molecule has 0 atom stereocenters. The number of methoxy groups -OCH3 is 1. The Morgan fingerprint density at radius 2 is 1.87 bits per heavy atom. The van der Waals surface area contributed by atoms with Crippen LogP contribution in [0.3, 0.4) is 0 Å². The number of fused-ring (bicyclic) bond motifs is 1. The lowest BCUT2D eigenvalue weighted by molar-refractivity contribution is 0.0602. The molecule has 0 saturated carbocycles. The number of carbonyl (C=O) groups is 1. The van der Waals surface area contributed by atoms with Crippen molar-refractivity contribution in [2.24, 2.45) is 0 Å². The maximum absolute atomic E-state index is 13.4. The minimum Gasteiger partial charge on any atom is -0.467 e. The summed E-state index contributed by atoms with van der Waals surface area (Å²) in [6.07, 6.45) is 1.50. The van der Waals surface area contributed by atoms with Crippen molar-refractivity contribution in [3.63, 3.8) is 0 Å². The quantitative estimate of drug-likeness (QED) is 0.462. The van der Waals surface area contributed by atoms with Crippen LogP contribution in [-0.4, -0.2) is 27.2 Å². The summed E-state index contributed by atoms with van der Waals surface area (Å²) in [5.74, 6) is -0.148. The van der Waals surface area contributed by atoms with Crippen LogP contribution in [-0.2, 0) is 17.8 Å². The molecule has 0 aliphatic rings. The van der Waals surface area contributed by atoms with Gasteiger partial charge in [0.2, 0.25) is 0 Å². The summed E-state index contributed by atoms with van der Waals surface area (Å²) in [5.41, 5.74) is 1.34. The number of esters is 1. The molecule has 31 heavy (non-hydrogen) atoms. The monoisotopic (exact) mass is 419 g/mol. The minimum atomic E-state index is -0.669. The molecule has 8 nitrogen and oxygen atoms in total. The predicted octanol–water partition coefficient (Wildman–Crippen LogP) is 2.65. The van der Waals surface area contributed by atoms with Gasteiger partial charge in [0.25, 0.3) is 5.56 Å². The molecule has 0 saturated heterocycles. The summed E-state index contributed by atoms with van der Waals surface area (Å²) < 4.78 is 12.8. The van der Waals surface area contributed by atoms with Crippen molar-refractivity contribution in [2.45, 2.75) is 26.9 Å². The summed E-state index contributed by atoms with van der Waals surface area (Å²) >= 11 is 0. The number of nitrogens with zero attached hydrogens (tertiary/aromatic N) is 3. The number of hydrogen-bond donors (Lipinski definition) is 0. The fourth-order valence-electron chi connectivity index (χ4n) is 3.63. The Morgan fingerprint density at radius 3 is 2.55 bits per heavy atom. The molecule has 0 bridgehead atoms. The molecular formula is C23H21N3O5. The van der Waals surface area contributed by atoms with Gasteiger partial charge >= 0.3 is 11.7 Å². The van der Waals surface area contributed by atoms with Gasteiger partial charge in [0, 0.05) is 5.69 Å². The van der Waals surface area contributed by atoms with Crippen LogP contribution in [0.4, 0.5) is 0 Å². The average molecular weight is 419 g/mol. The summed E-state index contributed by atoms with van der Waals surface area (Å²) in [7, 11) is 1.24. The van der Waals surface area contributed by atoms with Crippen molar-refractivity contribution in [3.05, 3.63) is 97.7 Å². The van der Waals surface area contributed by atoms with Crippen LogP contribution >= 0.6 is 0 Å². The topological polar surface area (TPSA) is 96.3 Å². The van der Waals surface area contributed by atoms with Gasteiger partial charge in [-0.15, -0.1) is 0 Å². The molecule has 8 heteroatoms. The van der Waals surface area contributed by atoms with Crippen LogP contribution in [0, 0.1) is 13.8 Å². The first kappa shape index (κ1) is 20.3. The van der Waals surface area contributed by atoms with E-state index < -0.39 is 17.2 Å². The molecule has 0 fully saturated rings. The summed E-state index contributed by atoms with van der Waals surface area (Å²) in [6.45, 7) is 3.74. The molecule has 158 valence electrons. The van der Waals surface area contributed by atoms with Gasteiger partial charge < -0.3 is 9.15 Å². The molecule has 0 aliphatic carbocycles. The number of carbonyl (C=O) groups excluding carboxylic acids is 1. The molecule has 3 heterocycles. The minimum absolute atomic E-state index is 0.0382. The zero-order valence-electron chi connectivity index (χ0n) is 17.4. The number of aryl methyl sites for hydroxylation is 2. The molecule has 4 aromatic rings. The molecule has 3 aromatic heterocycles. The van der Waals surface area contributed by atoms with E-state index in [0.717, 1.165) is 15.7 Å². The smallest absolute Gasteiger partial charge is 0.338 e. The van der Waals surface area contributed by atoms with Crippen molar-refractivity contribution in [2.75, 3.05) is 7.11 Å². The van der Waals surface area contributed by atoms with Gasteiger partial charge in [0.1, 0.15) is 5.76 Å². The molecule has 1 aromatic carbocycles. The average Bonchev–Trinajstić information content (AvgIpc) is 3.26. The molecule has 0 unspecified atom stereocenters. The van der Waals surface area contributed by atoms with Crippen molar-refractivity contribution in [1.29, 1.82) is 0 Å². The van der Waals surface area contributed by atoms with E-state index in [-0.39, 0.29) is 29.7 Å². The lowest BCUT2D eigenvalue weighted by Crippen LogP contribution is -2.41. The van der Waals surface area contributed by atoms with E-state index in [0.29, 0.717) is 11.5 Å². The van der Waals surface area contributed by atoms with Crippen LogP contribution in [0.15, 0.2) is 62.7 Å². The Labute approximate surface area is 177 Å². The number of furan rings is 1. The first-order valence-electron chi connectivity index (χ1n) is 9.70. The maximum Gasteiger partial charge on any atom is 0.338 e. The van der Waals surface area contributed by atoms with Crippen LogP contribution < -0.4 is 11.2 Å². The third kappa shape index (κ3) is 3.79. The highest BCUT2D eigenvalue weighted by Crippen LogP contribution is 2.17. The number of pyridine rings is 1. The van der Waals surface area contributed by atoms with Gasteiger partial charge in [0.05, 0.1) is 37.4 Å². The Kier molecular flexibility index (Phi) is 5.29.